The van der Waals surface area contributed by atoms with Crippen molar-refractivity contribution >= 4 is 18.3 Å². The van der Waals surface area contributed by atoms with E-state index >= 15 is 0 Å². The molecule has 1 atom stereocenters. The Labute approximate surface area is 128 Å². The number of amides is 1. The molecule has 0 fully saturated rings. The second kappa shape index (κ2) is 6.47. The van der Waals surface area contributed by atoms with Crippen molar-refractivity contribution in [2.24, 2.45) is 5.73 Å². The summed E-state index contributed by atoms with van der Waals surface area (Å²) in [5.41, 5.74) is 3.96. The number of carbonyl (C=O) groups excluding carboxylic acids is 1. The second-order valence-electron chi connectivity index (χ2n) is 4.33. The molecule has 4 N–H and O–H groups in total. The maximum atomic E-state index is 11.8. The number of halogens is 1. The number of carbonyl (C=O) groups is 1. The predicted molar refractivity (Wildman–Crippen MR) is 80.5 cm³/mol. The van der Waals surface area contributed by atoms with Gasteiger partial charge in [-0.3, -0.25) is 4.79 Å². The van der Waals surface area contributed by atoms with Crippen molar-refractivity contribution in [1.82, 2.24) is 0 Å². The Bertz CT molecular complexity index is 633. The fraction of sp³-hybridized carbons (Fsp3) is 0.133. The van der Waals surface area contributed by atoms with E-state index in [0.29, 0.717) is 5.56 Å². The number of rotatable bonds is 4. The average molecular weight is 310 g/mol. The third-order valence-electron chi connectivity index (χ3n) is 3.15. The molecule has 21 heavy (non-hydrogen) atoms. The number of phenolic OH excluding ortho intramolecular Hbond substituents is 1. The quantitative estimate of drug-likeness (QED) is 0.799. The summed E-state index contributed by atoms with van der Waals surface area (Å²) in [7, 11) is 1.38. The summed E-state index contributed by atoms with van der Waals surface area (Å²) >= 11 is 0. The van der Waals surface area contributed by atoms with Crippen molar-refractivity contribution < 1.29 is 19.7 Å². The van der Waals surface area contributed by atoms with E-state index in [1.54, 1.807) is 30.3 Å². The van der Waals surface area contributed by atoms with E-state index in [1.165, 1.54) is 25.3 Å². The van der Waals surface area contributed by atoms with E-state index in [-0.39, 0.29) is 29.5 Å². The van der Waals surface area contributed by atoms with Gasteiger partial charge in [0, 0.05) is 5.56 Å². The molecular weight excluding hydrogens is 294 g/mol. The lowest BCUT2D eigenvalue weighted by molar-refractivity contribution is -0.133. The molecule has 1 unspecified atom stereocenters. The Morgan fingerprint density at radius 3 is 2.29 bits per heavy atom. The van der Waals surface area contributed by atoms with E-state index in [4.69, 9.17) is 10.5 Å². The first kappa shape index (κ1) is 16.8. The topological polar surface area (TPSA) is 92.8 Å². The highest BCUT2D eigenvalue weighted by Crippen LogP contribution is 2.35. The maximum Gasteiger partial charge on any atom is 0.258 e. The fourth-order valence-electron chi connectivity index (χ4n) is 2.03. The van der Waals surface area contributed by atoms with Gasteiger partial charge < -0.3 is 20.7 Å². The standard InChI is InChI=1S/C15H15NO4.ClH/c1-20-13-9-11(7-8-12(13)17)15(19,14(16)18)10-5-3-2-4-6-10;/h2-9,17,19H,1H3,(H2,16,18);1H. The minimum absolute atomic E-state index is 0. The third-order valence-corrected chi connectivity index (χ3v) is 3.15. The first-order chi connectivity index (χ1) is 9.50. The molecule has 0 heterocycles. The van der Waals surface area contributed by atoms with Crippen LogP contribution in [0, 0.1) is 0 Å². The van der Waals surface area contributed by atoms with Gasteiger partial charge in [-0.1, -0.05) is 36.4 Å². The molecule has 0 saturated carbocycles. The van der Waals surface area contributed by atoms with Crippen molar-refractivity contribution in [1.29, 1.82) is 0 Å². The molecule has 0 radical (unpaired) electrons. The van der Waals surface area contributed by atoms with Crippen LogP contribution in [-0.2, 0) is 10.4 Å². The lowest BCUT2D eigenvalue weighted by Crippen LogP contribution is -2.42. The highest BCUT2D eigenvalue weighted by molar-refractivity contribution is 5.88. The van der Waals surface area contributed by atoms with Gasteiger partial charge in [0.25, 0.3) is 5.91 Å². The van der Waals surface area contributed by atoms with Gasteiger partial charge in [-0.2, -0.15) is 0 Å². The number of primary amides is 1. The summed E-state index contributed by atoms with van der Waals surface area (Å²) in [6.45, 7) is 0. The van der Waals surface area contributed by atoms with Crippen LogP contribution in [0.5, 0.6) is 11.5 Å². The number of aromatic hydroxyl groups is 1. The molecule has 0 aliphatic rings. The van der Waals surface area contributed by atoms with Gasteiger partial charge in [-0.15, -0.1) is 12.4 Å². The van der Waals surface area contributed by atoms with Gasteiger partial charge >= 0.3 is 0 Å². The van der Waals surface area contributed by atoms with Gasteiger partial charge in [-0.25, -0.2) is 0 Å². The molecule has 0 aliphatic heterocycles. The van der Waals surface area contributed by atoms with E-state index in [9.17, 15) is 15.0 Å². The molecule has 0 aromatic heterocycles. The lowest BCUT2D eigenvalue weighted by Gasteiger charge is -2.26. The van der Waals surface area contributed by atoms with Gasteiger partial charge in [-0.05, 0) is 17.7 Å². The molecule has 2 aromatic rings. The molecular formula is C15H16ClNO4. The van der Waals surface area contributed by atoms with Gasteiger partial charge in [0.2, 0.25) is 0 Å². The Hall–Kier alpha value is -2.24. The van der Waals surface area contributed by atoms with Crippen LogP contribution in [0.2, 0.25) is 0 Å². The molecule has 2 aromatic carbocycles. The number of nitrogens with two attached hydrogens (primary N) is 1. The largest absolute Gasteiger partial charge is 0.504 e. The van der Waals surface area contributed by atoms with E-state index < -0.39 is 11.5 Å². The minimum Gasteiger partial charge on any atom is -0.504 e. The summed E-state index contributed by atoms with van der Waals surface area (Å²) in [5.74, 6) is -0.842. The van der Waals surface area contributed by atoms with Gasteiger partial charge in [0.15, 0.2) is 17.1 Å². The van der Waals surface area contributed by atoms with Gasteiger partial charge in [0.05, 0.1) is 7.11 Å². The summed E-state index contributed by atoms with van der Waals surface area (Å²) in [6, 6.07) is 12.5. The highest BCUT2D eigenvalue weighted by atomic mass is 35.5. The number of phenols is 1. The Kier molecular flexibility index (Phi) is 5.18. The Morgan fingerprint density at radius 2 is 1.76 bits per heavy atom. The fourth-order valence-corrected chi connectivity index (χ4v) is 2.03. The second-order valence-corrected chi connectivity index (χ2v) is 4.33. The highest BCUT2D eigenvalue weighted by Gasteiger charge is 2.38. The molecule has 0 spiro atoms. The number of ether oxygens (including phenoxy) is 1. The lowest BCUT2D eigenvalue weighted by atomic mass is 9.85. The Balaban J connectivity index is 0.00000220. The normalized spacial score (nSPS) is 12.9. The smallest absolute Gasteiger partial charge is 0.258 e. The third kappa shape index (κ3) is 2.94. The number of hydrogen-bond donors (Lipinski definition) is 3. The minimum atomic E-state index is -1.98. The summed E-state index contributed by atoms with van der Waals surface area (Å²) in [5, 5.41) is 20.3. The van der Waals surface area contributed by atoms with Crippen molar-refractivity contribution in [3.8, 4) is 11.5 Å². The summed E-state index contributed by atoms with van der Waals surface area (Å²) in [6.07, 6.45) is 0. The first-order valence-electron chi connectivity index (χ1n) is 5.95. The maximum absolute atomic E-state index is 11.8. The number of hydrogen-bond acceptors (Lipinski definition) is 4. The number of benzene rings is 2. The SMILES string of the molecule is COc1cc(C(O)(C(N)=O)c2ccccc2)ccc1O.Cl. The van der Waals surface area contributed by atoms with Crippen molar-refractivity contribution in [2.45, 2.75) is 5.60 Å². The van der Waals surface area contributed by atoms with Crippen LogP contribution >= 0.6 is 12.4 Å². The zero-order valence-electron chi connectivity index (χ0n) is 11.3. The monoisotopic (exact) mass is 309 g/mol. The van der Waals surface area contributed by atoms with Crippen LogP contribution < -0.4 is 10.5 Å². The molecule has 0 bridgehead atoms. The predicted octanol–water partition coefficient (Wildman–Crippen LogP) is 1.54. The molecule has 5 nitrogen and oxygen atoms in total. The molecule has 112 valence electrons. The van der Waals surface area contributed by atoms with Crippen molar-refractivity contribution in [3.63, 3.8) is 0 Å². The first-order valence-corrected chi connectivity index (χ1v) is 5.95. The molecule has 2 rings (SSSR count). The Morgan fingerprint density at radius 1 is 1.14 bits per heavy atom. The zero-order chi connectivity index (χ0) is 14.8. The molecule has 0 aliphatic carbocycles. The zero-order valence-corrected chi connectivity index (χ0v) is 12.1. The molecule has 6 heteroatoms. The van der Waals surface area contributed by atoms with E-state index in [0.717, 1.165) is 0 Å². The van der Waals surface area contributed by atoms with Crippen molar-refractivity contribution in [3.05, 3.63) is 59.7 Å². The van der Waals surface area contributed by atoms with Crippen molar-refractivity contribution in [2.75, 3.05) is 7.11 Å². The van der Waals surface area contributed by atoms with E-state index in [1.807, 2.05) is 0 Å². The molecule has 1 amide bonds. The number of aliphatic hydroxyl groups is 1. The van der Waals surface area contributed by atoms with Crippen LogP contribution in [0.15, 0.2) is 48.5 Å². The van der Waals surface area contributed by atoms with Crippen LogP contribution in [0.25, 0.3) is 0 Å². The van der Waals surface area contributed by atoms with Crippen LogP contribution in [-0.4, -0.2) is 23.2 Å². The summed E-state index contributed by atoms with van der Waals surface area (Å²) in [4.78, 5) is 11.8. The van der Waals surface area contributed by atoms with Crippen LogP contribution in [0.1, 0.15) is 11.1 Å². The van der Waals surface area contributed by atoms with Crippen LogP contribution in [0.4, 0.5) is 0 Å². The molecule has 0 saturated heterocycles. The van der Waals surface area contributed by atoms with Gasteiger partial charge in [0.1, 0.15) is 0 Å². The average Bonchev–Trinajstić information content (AvgIpc) is 2.47. The van der Waals surface area contributed by atoms with Crippen LogP contribution in [0.3, 0.4) is 0 Å². The summed E-state index contributed by atoms with van der Waals surface area (Å²) < 4.78 is 4.98. The van der Waals surface area contributed by atoms with E-state index in [2.05, 4.69) is 0 Å². The number of methoxy groups -OCH3 is 1.